The minimum Gasteiger partial charge on any atom is -0.460 e. The Morgan fingerprint density at radius 3 is 2.37 bits per heavy atom. The first-order valence-corrected chi connectivity index (χ1v) is 12.9. The van der Waals surface area contributed by atoms with Crippen LogP contribution < -0.4 is 0 Å². The summed E-state index contributed by atoms with van der Waals surface area (Å²) in [6.45, 7) is 2.63. The van der Waals surface area contributed by atoms with Crippen LogP contribution in [0.15, 0.2) is 21.6 Å². The molecular weight excluding hydrogens is 438 g/mol. The maximum absolute atomic E-state index is 13.0. The van der Waals surface area contributed by atoms with E-state index in [1.165, 1.54) is 21.3 Å². The van der Waals surface area contributed by atoms with Crippen molar-refractivity contribution in [2.24, 2.45) is 0 Å². The number of sulfonamides is 2. The number of esters is 1. The maximum atomic E-state index is 13.0. The summed E-state index contributed by atoms with van der Waals surface area (Å²) in [6.07, 6.45) is 1.98. The van der Waals surface area contributed by atoms with Crippen LogP contribution >= 0.6 is 0 Å². The average molecular weight is 464 g/mol. The van der Waals surface area contributed by atoms with E-state index >= 15 is 0 Å². The Morgan fingerprint density at radius 1 is 1.10 bits per heavy atom. The van der Waals surface area contributed by atoms with Crippen LogP contribution in [0.25, 0.3) is 0 Å². The first kappa shape index (κ1) is 22.7. The SMILES string of the molecule is CCOC(=O)c1ccc(S(=O)(=O)N2CCCC2C(=O)N2CCN(S(C)(=O)=O)CC2)o1. The van der Waals surface area contributed by atoms with Gasteiger partial charge in [-0.15, -0.1) is 0 Å². The second kappa shape index (κ2) is 8.65. The van der Waals surface area contributed by atoms with Gasteiger partial charge in [0, 0.05) is 32.7 Å². The zero-order valence-electron chi connectivity index (χ0n) is 16.8. The van der Waals surface area contributed by atoms with Crippen molar-refractivity contribution in [2.75, 3.05) is 45.6 Å². The number of nitrogens with zero attached hydrogens (tertiary/aromatic N) is 3. The van der Waals surface area contributed by atoms with Gasteiger partial charge >= 0.3 is 5.97 Å². The first-order chi connectivity index (χ1) is 14.1. The Kier molecular flexibility index (Phi) is 6.55. The highest BCUT2D eigenvalue weighted by Gasteiger charge is 2.43. The van der Waals surface area contributed by atoms with Crippen molar-refractivity contribution in [3.05, 3.63) is 17.9 Å². The fraction of sp³-hybridized carbons (Fsp3) is 0.647. The maximum Gasteiger partial charge on any atom is 0.374 e. The summed E-state index contributed by atoms with van der Waals surface area (Å²) in [5.41, 5.74) is 0. The van der Waals surface area contributed by atoms with Crippen LogP contribution in [-0.4, -0.2) is 93.9 Å². The van der Waals surface area contributed by atoms with Gasteiger partial charge in [-0.1, -0.05) is 0 Å². The van der Waals surface area contributed by atoms with Crippen LogP contribution in [0.4, 0.5) is 0 Å². The second-order valence-corrected chi connectivity index (χ2v) is 10.9. The summed E-state index contributed by atoms with van der Waals surface area (Å²) in [4.78, 5) is 26.2. The normalized spacial score (nSPS) is 21.7. The first-order valence-electron chi connectivity index (χ1n) is 9.58. The molecule has 2 aliphatic heterocycles. The highest BCUT2D eigenvalue weighted by atomic mass is 32.2. The number of furan rings is 1. The fourth-order valence-corrected chi connectivity index (χ4v) is 6.00. The van der Waals surface area contributed by atoms with Gasteiger partial charge in [0.2, 0.25) is 26.8 Å². The smallest absolute Gasteiger partial charge is 0.374 e. The van der Waals surface area contributed by atoms with E-state index in [1.54, 1.807) is 6.92 Å². The number of carbonyl (C=O) groups is 2. The molecule has 0 N–H and O–H groups in total. The van der Waals surface area contributed by atoms with E-state index in [0.717, 1.165) is 10.6 Å². The molecule has 11 nitrogen and oxygen atoms in total. The molecule has 0 bridgehead atoms. The number of amides is 1. The predicted molar refractivity (Wildman–Crippen MR) is 105 cm³/mol. The zero-order valence-corrected chi connectivity index (χ0v) is 18.4. The molecule has 2 aliphatic rings. The van der Waals surface area contributed by atoms with Gasteiger partial charge in [0.25, 0.3) is 10.0 Å². The molecule has 1 amide bonds. The van der Waals surface area contributed by atoms with Crippen LogP contribution in [0.3, 0.4) is 0 Å². The van der Waals surface area contributed by atoms with Gasteiger partial charge in [-0.25, -0.2) is 21.6 Å². The molecule has 0 aliphatic carbocycles. The summed E-state index contributed by atoms with van der Waals surface area (Å²) in [5.74, 6) is -1.35. The third-order valence-electron chi connectivity index (χ3n) is 5.13. The van der Waals surface area contributed by atoms with Gasteiger partial charge in [-0.3, -0.25) is 4.79 Å². The van der Waals surface area contributed by atoms with Gasteiger partial charge in [-0.2, -0.15) is 8.61 Å². The summed E-state index contributed by atoms with van der Waals surface area (Å²) in [7, 11) is -7.46. The largest absolute Gasteiger partial charge is 0.460 e. The van der Waals surface area contributed by atoms with Crippen LogP contribution in [0, 0.1) is 0 Å². The highest BCUT2D eigenvalue weighted by molar-refractivity contribution is 7.89. The second-order valence-electron chi connectivity index (χ2n) is 7.10. The van der Waals surface area contributed by atoms with E-state index in [0.29, 0.717) is 12.8 Å². The number of carbonyl (C=O) groups excluding carboxylic acids is 2. The van der Waals surface area contributed by atoms with Crippen LogP contribution in [0.2, 0.25) is 0 Å². The molecule has 13 heteroatoms. The fourth-order valence-electron chi connectivity index (χ4n) is 3.61. The standard InChI is InChI=1S/C17H25N3O8S2/c1-3-27-17(22)14-6-7-15(28-14)30(25,26)20-8-4-5-13(20)16(21)18-9-11-19(12-10-18)29(2,23)24/h6-7,13H,3-5,8-12H2,1-2H3. The minimum atomic E-state index is -4.13. The lowest BCUT2D eigenvalue weighted by Gasteiger charge is -2.35. The minimum absolute atomic E-state index is 0.122. The molecule has 1 aromatic rings. The van der Waals surface area contributed by atoms with Gasteiger partial charge in [-0.05, 0) is 31.9 Å². The number of hydrogen-bond donors (Lipinski definition) is 0. The third kappa shape index (κ3) is 4.53. The van der Waals surface area contributed by atoms with Crippen LogP contribution in [0.1, 0.15) is 30.3 Å². The van der Waals surface area contributed by atoms with Crippen molar-refractivity contribution in [1.29, 1.82) is 0 Å². The van der Waals surface area contributed by atoms with Crippen molar-refractivity contribution >= 4 is 31.9 Å². The molecule has 1 atom stereocenters. The van der Waals surface area contributed by atoms with E-state index < -0.39 is 37.2 Å². The Labute approximate surface area is 175 Å². The quantitative estimate of drug-likeness (QED) is 0.526. The monoisotopic (exact) mass is 463 g/mol. The third-order valence-corrected chi connectivity index (χ3v) is 8.21. The summed E-state index contributed by atoms with van der Waals surface area (Å²) in [6, 6.07) is 1.50. The molecule has 2 saturated heterocycles. The van der Waals surface area contributed by atoms with Crippen molar-refractivity contribution in [3.8, 4) is 0 Å². The Balaban J connectivity index is 1.73. The molecule has 30 heavy (non-hydrogen) atoms. The summed E-state index contributed by atoms with van der Waals surface area (Å²) >= 11 is 0. The van der Waals surface area contributed by atoms with E-state index in [4.69, 9.17) is 9.15 Å². The van der Waals surface area contributed by atoms with Gasteiger partial charge in [0.05, 0.1) is 12.9 Å². The highest BCUT2D eigenvalue weighted by Crippen LogP contribution is 2.29. The Morgan fingerprint density at radius 2 is 1.77 bits per heavy atom. The van der Waals surface area contributed by atoms with Crippen molar-refractivity contribution in [1.82, 2.24) is 13.5 Å². The number of ether oxygens (including phenoxy) is 1. The molecule has 1 aromatic heterocycles. The molecule has 3 rings (SSSR count). The van der Waals surface area contributed by atoms with Crippen LogP contribution in [-0.2, 0) is 29.6 Å². The predicted octanol–water partition coefficient (Wildman–Crippen LogP) is -0.287. The number of piperazine rings is 1. The Bertz CT molecular complexity index is 1010. The molecule has 0 spiro atoms. The molecule has 0 saturated carbocycles. The zero-order chi connectivity index (χ0) is 22.1. The number of hydrogen-bond acceptors (Lipinski definition) is 8. The number of rotatable bonds is 6. The van der Waals surface area contributed by atoms with Crippen molar-refractivity contribution in [3.63, 3.8) is 0 Å². The lowest BCUT2D eigenvalue weighted by molar-refractivity contribution is -0.135. The molecule has 3 heterocycles. The van der Waals surface area contributed by atoms with Crippen LogP contribution in [0.5, 0.6) is 0 Å². The van der Waals surface area contributed by atoms with E-state index in [2.05, 4.69) is 0 Å². The molecule has 168 valence electrons. The molecule has 2 fully saturated rings. The van der Waals surface area contributed by atoms with Gasteiger partial charge in [0.15, 0.2) is 0 Å². The molecular formula is C17H25N3O8S2. The molecule has 1 unspecified atom stereocenters. The van der Waals surface area contributed by atoms with E-state index in [1.807, 2.05) is 0 Å². The molecule has 0 radical (unpaired) electrons. The van der Waals surface area contributed by atoms with Gasteiger partial charge < -0.3 is 14.1 Å². The summed E-state index contributed by atoms with van der Waals surface area (Å²) in [5, 5.41) is -0.424. The molecule has 0 aromatic carbocycles. The van der Waals surface area contributed by atoms with E-state index in [-0.39, 0.29) is 51.0 Å². The van der Waals surface area contributed by atoms with Crippen molar-refractivity contribution < 1.29 is 35.6 Å². The lowest BCUT2D eigenvalue weighted by Crippen LogP contribution is -2.55. The topological polar surface area (TPSA) is 135 Å². The van der Waals surface area contributed by atoms with E-state index in [9.17, 15) is 26.4 Å². The van der Waals surface area contributed by atoms with Crippen molar-refractivity contribution in [2.45, 2.75) is 30.9 Å². The Hall–Kier alpha value is -1.96. The summed E-state index contributed by atoms with van der Waals surface area (Å²) < 4.78 is 61.7. The lowest BCUT2D eigenvalue weighted by atomic mass is 10.2. The average Bonchev–Trinajstić information content (AvgIpc) is 3.37. The van der Waals surface area contributed by atoms with Gasteiger partial charge in [0.1, 0.15) is 6.04 Å².